The lowest BCUT2D eigenvalue weighted by Crippen LogP contribution is -2.21. The van der Waals surface area contributed by atoms with E-state index < -0.39 is 11.9 Å². The summed E-state index contributed by atoms with van der Waals surface area (Å²) in [6, 6.07) is 4.94. The monoisotopic (exact) mass is 303 g/mol. The Balaban J connectivity index is 3.41. The molecular formula is C17H21NO4. The Morgan fingerprint density at radius 2 is 1.86 bits per heavy atom. The number of rotatable bonds is 6. The van der Waals surface area contributed by atoms with Gasteiger partial charge in [0.1, 0.15) is 0 Å². The summed E-state index contributed by atoms with van der Waals surface area (Å²) < 4.78 is 9.53. The zero-order valence-corrected chi connectivity index (χ0v) is 13.4. The predicted octanol–water partition coefficient (Wildman–Crippen LogP) is 3.18. The first-order chi connectivity index (χ1) is 10.5. The van der Waals surface area contributed by atoms with Gasteiger partial charge in [-0.2, -0.15) is 0 Å². The van der Waals surface area contributed by atoms with Gasteiger partial charge in [0.05, 0.1) is 31.0 Å². The standard InChI is InChI=1S/C17H21NO4/c1-6-7-9-12(2)18(3)14-11-8-10-13(16(19)21-4)15(14)17(20)22-5/h7-11H,2,6H2,1,3-5H3/b9-7-. The van der Waals surface area contributed by atoms with Crippen LogP contribution in [0.1, 0.15) is 34.1 Å². The highest BCUT2D eigenvalue weighted by Crippen LogP contribution is 2.27. The van der Waals surface area contributed by atoms with Crippen LogP contribution in [-0.4, -0.2) is 33.2 Å². The van der Waals surface area contributed by atoms with E-state index >= 15 is 0 Å². The number of carbonyl (C=O) groups is 2. The smallest absolute Gasteiger partial charge is 0.340 e. The summed E-state index contributed by atoms with van der Waals surface area (Å²) in [6.07, 6.45) is 4.69. The summed E-state index contributed by atoms with van der Waals surface area (Å²) >= 11 is 0. The Morgan fingerprint density at radius 3 is 2.41 bits per heavy atom. The maximum absolute atomic E-state index is 12.1. The van der Waals surface area contributed by atoms with E-state index in [-0.39, 0.29) is 11.1 Å². The van der Waals surface area contributed by atoms with Gasteiger partial charge < -0.3 is 14.4 Å². The van der Waals surface area contributed by atoms with Crippen LogP contribution in [-0.2, 0) is 9.47 Å². The average Bonchev–Trinajstić information content (AvgIpc) is 2.56. The van der Waals surface area contributed by atoms with Crippen molar-refractivity contribution in [2.45, 2.75) is 13.3 Å². The molecule has 0 amide bonds. The van der Waals surface area contributed by atoms with Crippen LogP contribution in [0.15, 0.2) is 42.6 Å². The number of benzene rings is 1. The van der Waals surface area contributed by atoms with Crippen LogP contribution in [0.4, 0.5) is 5.69 Å². The first-order valence-electron chi connectivity index (χ1n) is 6.86. The summed E-state index contributed by atoms with van der Waals surface area (Å²) in [4.78, 5) is 25.7. The van der Waals surface area contributed by atoms with Crippen molar-refractivity contribution in [2.75, 3.05) is 26.2 Å². The quantitative estimate of drug-likeness (QED) is 0.597. The highest BCUT2D eigenvalue weighted by atomic mass is 16.5. The number of likely N-dealkylation sites (N-methyl/N-ethyl adjacent to an activating group) is 1. The molecule has 5 heteroatoms. The van der Waals surface area contributed by atoms with Crippen molar-refractivity contribution in [1.29, 1.82) is 0 Å². The molecule has 0 unspecified atom stereocenters. The molecule has 1 aromatic carbocycles. The third-order valence-corrected chi connectivity index (χ3v) is 3.18. The van der Waals surface area contributed by atoms with Crippen LogP contribution in [0, 0.1) is 0 Å². The normalized spacial score (nSPS) is 10.4. The first kappa shape index (κ1) is 17.5. The third-order valence-electron chi connectivity index (χ3n) is 3.18. The van der Waals surface area contributed by atoms with Crippen molar-refractivity contribution in [3.63, 3.8) is 0 Å². The molecule has 5 nitrogen and oxygen atoms in total. The highest BCUT2D eigenvalue weighted by Gasteiger charge is 2.24. The number of anilines is 1. The Labute approximate surface area is 130 Å². The fourth-order valence-corrected chi connectivity index (χ4v) is 1.94. The van der Waals surface area contributed by atoms with Crippen LogP contribution in [0.25, 0.3) is 0 Å². The van der Waals surface area contributed by atoms with Crippen molar-refractivity contribution in [2.24, 2.45) is 0 Å². The molecule has 0 aliphatic heterocycles. The molecule has 0 bridgehead atoms. The van der Waals surface area contributed by atoms with Crippen molar-refractivity contribution in [1.82, 2.24) is 0 Å². The molecule has 22 heavy (non-hydrogen) atoms. The maximum atomic E-state index is 12.1. The second-order valence-corrected chi connectivity index (χ2v) is 4.54. The van der Waals surface area contributed by atoms with Crippen molar-refractivity contribution in [3.05, 3.63) is 53.8 Å². The molecule has 0 saturated carbocycles. The molecule has 0 saturated heterocycles. The van der Waals surface area contributed by atoms with Gasteiger partial charge in [-0.1, -0.05) is 25.6 Å². The molecule has 0 aliphatic rings. The predicted molar refractivity (Wildman–Crippen MR) is 86.1 cm³/mol. The molecule has 0 atom stereocenters. The van der Waals surface area contributed by atoms with E-state index in [9.17, 15) is 9.59 Å². The number of hydrogen-bond acceptors (Lipinski definition) is 5. The average molecular weight is 303 g/mol. The number of ether oxygens (including phenoxy) is 2. The zero-order valence-electron chi connectivity index (χ0n) is 13.4. The number of methoxy groups -OCH3 is 2. The summed E-state index contributed by atoms with van der Waals surface area (Å²) in [5.41, 5.74) is 1.53. The second-order valence-electron chi connectivity index (χ2n) is 4.54. The number of esters is 2. The Kier molecular flexibility index (Phi) is 6.38. The lowest BCUT2D eigenvalue weighted by atomic mass is 10.0. The van der Waals surface area contributed by atoms with Crippen LogP contribution >= 0.6 is 0 Å². The van der Waals surface area contributed by atoms with E-state index in [1.54, 1.807) is 24.1 Å². The van der Waals surface area contributed by atoms with Gasteiger partial charge in [0.25, 0.3) is 0 Å². The minimum atomic E-state index is -0.602. The van der Waals surface area contributed by atoms with E-state index in [2.05, 4.69) is 6.58 Å². The van der Waals surface area contributed by atoms with Crippen LogP contribution in [0.3, 0.4) is 0 Å². The zero-order chi connectivity index (χ0) is 16.7. The van der Waals surface area contributed by atoms with E-state index in [0.29, 0.717) is 11.4 Å². The lowest BCUT2D eigenvalue weighted by molar-refractivity contribution is 0.0556. The topological polar surface area (TPSA) is 55.8 Å². The minimum Gasteiger partial charge on any atom is -0.465 e. The van der Waals surface area contributed by atoms with Crippen LogP contribution in [0.5, 0.6) is 0 Å². The van der Waals surface area contributed by atoms with E-state index in [0.717, 1.165) is 6.42 Å². The molecule has 0 radical (unpaired) electrons. The van der Waals surface area contributed by atoms with Gasteiger partial charge in [-0.25, -0.2) is 9.59 Å². The Hall–Kier alpha value is -2.56. The van der Waals surface area contributed by atoms with Crippen molar-refractivity contribution >= 4 is 17.6 Å². The van der Waals surface area contributed by atoms with E-state index in [1.165, 1.54) is 20.3 Å². The van der Waals surface area contributed by atoms with Gasteiger partial charge in [0.2, 0.25) is 0 Å². The van der Waals surface area contributed by atoms with E-state index in [1.807, 2.05) is 19.1 Å². The van der Waals surface area contributed by atoms with E-state index in [4.69, 9.17) is 9.47 Å². The maximum Gasteiger partial charge on any atom is 0.340 e. The number of carbonyl (C=O) groups excluding carboxylic acids is 2. The number of hydrogen-bond donors (Lipinski definition) is 0. The molecule has 0 heterocycles. The molecule has 0 aliphatic carbocycles. The molecule has 0 aromatic heterocycles. The highest BCUT2D eigenvalue weighted by molar-refractivity contribution is 6.07. The molecule has 0 spiro atoms. The molecule has 118 valence electrons. The van der Waals surface area contributed by atoms with Crippen LogP contribution in [0.2, 0.25) is 0 Å². The summed E-state index contributed by atoms with van der Waals surface area (Å²) in [5, 5.41) is 0. The van der Waals surface area contributed by atoms with Gasteiger partial charge in [0, 0.05) is 12.7 Å². The summed E-state index contributed by atoms with van der Waals surface area (Å²) in [7, 11) is 4.31. The molecule has 0 fully saturated rings. The lowest BCUT2D eigenvalue weighted by Gasteiger charge is -2.23. The largest absolute Gasteiger partial charge is 0.465 e. The summed E-state index contributed by atoms with van der Waals surface area (Å²) in [6.45, 7) is 5.98. The first-order valence-corrected chi connectivity index (χ1v) is 6.86. The molecule has 1 aromatic rings. The molecule has 0 N–H and O–H groups in total. The molecule has 1 rings (SSSR count). The second kappa shape index (κ2) is 8.02. The van der Waals surface area contributed by atoms with Crippen molar-refractivity contribution < 1.29 is 19.1 Å². The number of allylic oxidation sites excluding steroid dienone is 2. The fourth-order valence-electron chi connectivity index (χ4n) is 1.94. The van der Waals surface area contributed by atoms with Crippen LogP contribution < -0.4 is 4.90 Å². The fraction of sp³-hybridized carbons (Fsp3) is 0.294. The third kappa shape index (κ3) is 3.75. The SMILES string of the molecule is C=C(/C=C\CC)N(C)c1cccc(C(=O)OC)c1C(=O)OC. The van der Waals surface area contributed by atoms with Gasteiger partial charge >= 0.3 is 11.9 Å². The minimum absolute atomic E-state index is 0.158. The Morgan fingerprint density at radius 1 is 1.23 bits per heavy atom. The van der Waals surface area contributed by atoms with Gasteiger partial charge in [-0.3, -0.25) is 0 Å². The molecular weight excluding hydrogens is 282 g/mol. The Bertz CT molecular complexity index is 605. The van der Waals surface area contributed by atoms with Gasteiger partial charge in [-0.05, 0) is 24.6 Å². The van der Waals surface area contributed by atoms with Crippen molar-refractivity contribution in [3.8, 4) is 0 Å². The summed E-state index contributed by atoms with van der Waals surface area (Å²) in [5.74, 6) is -1.19. The van der Waals surface area contributed by atoms with Gasteiger partial charge in [0.15, 0.2) is 0 Å². The van der Waals surface area contributed by atoms with Gasteiger partial charge in [-0.15, -0.1) is 0 Å². The number of nitrogens with zero attached hydrogens (tertiary/aromatic N) is 1.